The number of esters is 1. The fourth-order valence-corrected chi connectivity index (χ4v) is 5.23. The second-order valence-electron chi connectivity index (χ2n) is 8.58. The molecule has 1 N–H and O–H groups in total. The SMILES string of the molecule is Cc1ccc(C)c(NC(=O)COC(=O)[C@@H](C)N2C(=O)[C@@H]3[C@@H]4CC[C@H](C4)[C@@H]3C2=O)c1. The minimum absolute atomic E-state index is 0.253. The Morgan fingerprint density at radius 1 is 1.14 bits per heavy atom. The molecule has 5 atom stereocenters. The van der Waals surface area contributed by atoms with Crippen LogP contribution in [0, 0.1) is 37.5 Å². The maximum atomic E-state index is 12.8. The zero-order chi connectivity index (χ0) is 20.9. The molecule has 1 heterocycles. The number of nitrogens with one attached hydrogen (secondary N) is 1. The molecule has 2 bridgehead atoms. The van der Waals surface area contributed by atoms with E-state index < -0.39 is 24.5 Å². The molecule has 3 amide bonds. The highest BCUT2D eigenvalue weighted by atomic mass is 16.5. The molecule has 154 valence electrons. The van der Waals surface area contributed by atoms with Crippen LogP contribution in [-0.4, -0.2) is 41.2 Å². The standard InChI is InChI=1S/C22H26N2O5/c1-11-4-5-12(2)16(8-11)23-17(25)10-29-22(28)13(3)24-20(26)18-14-6-7-15(9-14)19(18)21(24)27/h4-5,8,13-15,18-19H,6-7,9-10H2,1-3H3,(H,23,25)/t13-,14-,15-,18-,19+/m1/s1. The van der Waals surface area contributed by atoms with Crippen LogP contribution in [0.2, 0.25) is 0 Å². The molecule has 1 aromatic carbocycles. The molecule has 1 saturated heterocycles. The summed E-state index contributed by atoms with van der Waals surface area (Å²) in [6.07, 6.45) is 2.91. The van der Waals surface area contributed by atoms with Gasteiger partial charge in [-0.1, -0.05) is 12.1 Å². The van der Waals surface area contributed by atoms with Gasteiger partial charge in [0, 0.05) is 5.69 Å². The van der Waals surface area contributed by atoms with E-state index in [1.165, 1.54) is 6.92 Å². The van der Waals surface area contributed by atoms with E-state index in [1.807, 2.05) is 32.0 Å². The van der Waals surface area contributed by atoms with E-state index in [0.29, 0.717) is 5.69 Å². The quantitative estimate of drug-likeness (QED) is 0.606. The van der Waals surface area contributed by atoms with Crippen molar-refractivity contribution in [2.24, 2.45) is 23.7 Å². The first-order valence-electron chi connectivity index (χ1n) is 10.2. The van der Waals surface area contributed by atoms with Gasteiger partial charge in [0.25, 0.3) is 5.91 Å². The first kappa shape index (κ1) is 19.6. The third-order valence-electron chi connectivity index (χ3n) is 6.70. The van der Waals surface area contributed by atoms with Gasteiger partial charge in [0.2, 0.25) is 11.8 Å². The van der Waals surface area contributed by atoms with E-state index in [2.05, 4.69) is 5.32 Å². The number of benzene rings is 1. The molecule has 3 fully saturated rings. The largest absolute Gasteiger partial charge is 0.454 e. The molecular formula is C22H26N2O5. The predicted molar refractivity (Wildman–Crippen MR) is 105 cm³/mol. The number of aryl methyl sites for hydroxylation is 2. The molecule has 0 spiro atoms. The van der Waals surface area contributed by atoms with Crippen molar-refractivity contribution in [1.82, 2.24) is 4.90 Å². The highest BCUT2D eigenvalue weighted by molar-refractivity contribution is 6.08. The Balaban J connectivity index is 1.35. The number of anilines is 1. The summed E-state index contributed by atoms with van der Waals surface area (Å²) in [4.78, 5) is 51.3. The molecule has 7 nitrogen and oxygen atoms in total. The van der Waals surface area contributed by atoms with E-state index in [1.54, 1.807) is 0 Å². The number of amides is 3. The second kappa shape index (κ2) is 7.28. The lowest BCUT2D eigenvalue weighted by atomic mass is 9.81. The maximum Gasteiger partial charge on any atom is 0.329 e. The Labute approximate surface area is 169 Å². The molecule has 1 aromatic rings. The topological polar surface area (TPSA) is 92.8 Å². The highest BCUT2D eigenvalue weighted by Gasteiger charge is 2.62. The summed E-state index contributed by atoms with van der Waals surface area (Å²) < 4.78 is 5.11. The lowest BCUT2D eigenvalue weighted by Gasteiger charge is -2.23. The molecule has 7 heteroatoms. The number of hydrogen-bond donors (Lipinski definition) is 1. The number of rotatable bonds is 5. The van der Waals surface area contributed by atoms with Crippen molar-refractivity contribution in [1.29, 1.82) is 0 Å². The van der Waals surface area contributed by atoms with Gasteiger partial charge < -0.3 is 10.1 Å². The third-order valence-corrected chi connectivity index (χ3v) is 6.70. The average molecular weight is 398 g/mol. The van der Waals surface area contributed by atoms with Crippen LogP contribution >= 0.6 is 0 Å². The van der Waals surface area contributed by atoms with Gasteiger partial charge in [-0.25, -0.2) is 4.79 Å². The van der Waals surface area contributed by atoms with Gasteiger partial charge in [0.05, 0.1) is 11.8 Å². The number of imide groups is 1. The zero-order valence-corrected chi connectivity index (χ0v) is 16.9. The van der Waals surface area contributed by atoms with Crippen LogP contribution in [0.4, 0.5) is 5.69 Å². The Bertz CT molecular complexity index is 867. The summed E-state index contributed by atoms with van der Waals surface area (Å²) in [7, 11) is 0. The number of fused-ring (bicyclic) bond motifs is 5. The van der Waals surface area contributed by atoms with Crippen LogP contribution in [-0.2, 0) is 23.9 Å². The molecule has 0 aromatic heterocycles. The van der Waals surface area contributed by atoms with Gasteiger partial charge in [-0.05, 0) is 69.1 Å². The molecular weight excluding hydrogens is 372 g/mol. The number of carbonyl (C=O) groups excluding carboxylic acids is 4. The summed E-state index contributed by atoms with van der Waals surface area (Å²) >= 11 is 0. The summed E-state index contributed by atoms with van der Waals surface area (Å²) in [5.41, 5.74) is 2.56. The number of nitrogens with zero attached hydrogens (tertiary/aromatic N) is 1. The van der Waals surface area contributed by atoms with Gasteiger partial charge in [-0.15, -0.1) is 0 Å². The van der Waals surface area contributed by atoms with Crippen molar-refractivity contribution >= 4 is 29.4 Å². The van der Waals surface area contributed by atoms with Crippen LogP contribution in [0.1, 0.15) is 37.3 Å². The Hall–Kier alpha value is -2.70. The van der Waals surface area contributed by atoms with Crippen LogP contribution in [0.3, 0.4) is 0 Å². The van der Waals surface area contributed by atoms with E-state index in [4.69, 9.17) is 4.74 Å². The van der Waals surface area contributed by atoms with Gasteiger partial charge in [0.15, 0.2) is 6.61 Å². The molecule has 0 radical (unpaired) electrons. The summed E-state index contributed by atoms with van der Waals surface area (Å²) in [6, 6.07) is 4.66. The highest BCUT2D eigenvalue weighted by Crippen LogP contribution is 2.56. The van der Waals surface area contributed by atoms with Gasteiger partial charge >= 0.3 is 5.97 Å². The van der Waals surface area contributed by atoms with Crippen molar-refractivity contribution in [3.8, 4) is 0 Å². The Morgan fingerprint density at radius 3 is 2.38 bits per heavy atom. The molecule has 2 aliphatic carbocycles. The monoisotopic (exact) mass is 398 g/mol. The van der Waals surface area contributed by atoms with Crippen LogP contribution in [0.25, 0.3) is 0 Å². The maximum absolute atomic E-state index is 12.8. The van der Waals surface area contributed by atoms with E-state index in [0.717, 1.165) is 35.3 Å². The second-order valence-corrected chi connectivity index (χ2v) is 8.58. The van der Waals surface area contributed by atoms with Crippen molar-refractivity contribution in [3.63, 3.8) is 0 Å². The number of carbonyl (C=O) groups is 4. The van der Waals surface area contributed by atoms with Crippen LogP contribution in [0.5, 0.6) is 0 Å². The molecule has 1 aliphatic heterocycles. The Morgan fingerprint density at radius 2 is 1.76 bits per heavy atom. The van der Waals surface area contributed by atoms with E-state index >= 15 is 0 Å². The van der Waals surface area contributed by atoms with Crippen molar-refractivity contribution in [2.45, 2.75) is 46.1 Å². The fraction of sp³-hybridized carbons (Fsp3) is 0.545. The van der Waals surface area contributed by atoms with Crippen molar-refractivity contribution in [2.75, 3.05) is 11.9 Å². The molecule has 3 aliphatic rings. The van der Waals surface area contributed by atoms with E-state index in [9.17, 15) is 19.2 Å². The Kier molecular flexibility index (Phi) is 4.92. The number of likely N-dealkylation sites (tertiary alicyclic amines) is 1. The summed E-state index contributed by atoms with van der Waals surface area (Å²) in [6.45, 7) is 4.81. The first-order valence-corrected chi connectivity index (χ1v) is 10.2. The smallest absolute Gasteiger partial charge is 0.329 e. The number of ether oxygens (including phenoxy) is 1. The third kappa shape index (κ3) is 3.32. The fourth-order valence-electron chi connectivity index (χ4n) is 5.23. The lowest BCUT2D eigenvalue weighted by Crippen LogP contribution is -2.45. The van der Waals surface area contributed by atoms with Gasteiger partial charge in [-0.3, -0.25) is 19.3 Å². The van der Waals surface area contributed by atoms with Gasteiger partial charge in [0.1, 0.15) is 6.04 Å². The minimum Gasteiger partial charge on any atom is -0.454 e. The predicted octanol–water partition coefficient (Wildman–Crippen LogP) is 2.20. The van der Waals surface area contributed by atoms with Crippen molar-refractivity contribution < 1.29 is 23.9 Å². The van der Waals surface area contributed by atoms with Crippen LogP contribution in [0.15, 0.2) is 18.2 Å². The molecule has 0 unspecified atom stereocenters. The van der Waals surface area contributed by atoms with E-state index in [-0.39, 0.29) is 35.5 Å². The van der Waals surface area contributed by atoms with Gasteiger partial charge in [-0.2, -0.15) is 0 Å². The summed E-state index contributed by atoms with van der Waals surface area (Å²) in [5, 5.41) is 2.72. The lowest BCUT2D eigenvalue weighted by molar-refractivity contribution is -0.159. The normalized spacial score (nSPS) is 28.4. The molecule has 4 rings (SSSR count). The number of hydrogen-bond acceptors (Lipinski definition) is 5. The summed E-state index contributed by atoms with van der Waals surface area (Å²) in [5.74, 6) is -1.74. The molecule has 29 heavy (non-hydrogen) atoms. The minimum atomic E-state index is -1.02. The van der Waals surface area contributed by atoms with Crippen molar-refractivity contribution in [3.05, 3.63) is 29.3 Å². The zero-order valence-electron chi connectivity index (χ0n) is 16.9. The molecule has 2 saturated carbocycles. The average Bonchev–Trinajstić information content (AvgIpc) is 3.36. The van der Waals surface area contributed by atoms with Crippen LogP contribution < -0.4 is 5.32 Å². The first-order chi connectivity index (χ1) is 13.8.